The standard InChI is InChI=1S/C16H28P2/c1-2-3-4-5-6-7-8-9-10-11-12-15-13-14-18-16(15)17/h13-14,18H,2-12H2,1H3. The Morgan fingerprint density at radius 3 is 1.94 bits per heavy atom. The van der Waals surface area contributed by atoms with Crippen LogP contribution < -0.4 is 5.04 Å². The van der Waals surface area contributed by atoms with Crippen molar-refractivity contribution in [3.8, 4) is 0 Å². The summed E-state index contributed by atoms with van der Waals surface area (Å²) in [7, 11) is 5.35. The summed E-state index contributed by atoms with van der Waals surface area (Å²) >= 11 is 0. The van der Waals surface area contributed by atoms with Crippen molar-refractivity contribution in [1.82, 2.24) is 0 Å². The van der Waals surface area contributed by atoms with Gasteiger partial charge in [0.2, 0.25) is 0 Å². The Bertz CT molecular complexity index is 291. The van der Waals surface area contributed by atoms with Gasteiger partial charge in [0.1, 0.15) is 0 Å². The summed E-state index contributed by atoms with van der Waals surface area (Å²) in [5, 5.41) is 1.32. The lowest BCUT2D eigenvalue weighted by Crippen LogP contribution is -1.93. The Morgan fingerprint density at radius 2 is 1.44 bits per heavy atom. The van der Waals surface area contributed by atoms with E-state index in [1.165, 1.54) is 81.2 Å². The van der Waals surface area contributed by atoms with E-state index in [2.05, 4.69) is 28.0 Å². The molecule has 1 rings (SSSR count). The van der Waals surface area contributed by atoms with E-state index < -0.39 is 0 Å². The van der Waals surface area contributed by atoms with Crippen molar-refractivity contribution in [3.05, 3.63) is 17.4 Å². The van der Waals surface area contributed by atoms with Gasteiger partial charge in [-0.15, -0.1) is 8.19 Å². The summed E-state index contributed by atoms with van der Waals surface area (Å²) in [5.74, 6) is 2.26. The summed E-state index contributed by atoms with van der Waals surface area (Å²) in [4.78, 5) is 0. The van der Waals surface area contributed by atoms with Gasteiger partial charge >= 0.3 is 0 Å². The Labute approximate surface area is 118 Å². The molecule has 0 aliphatic rings. The second-order valence-corrected chi connectivity index (χ2v) is 7.27. The Morgan fingerprint density at radius 1 is 0.889 bits per heavy atom. The molecule has 0 bridgehead atoms. The number of hydrogen-bond donors (Lipinski definition) is 0. The van der Waals surface area contributed by atoms with Crippen LogP contribution in [0.3, 0.4) is 0 Å². The zero-order chi connectivity index (χ0) is 13.1. The molecule has 2 heteroatoms. The Balaban J connectivity index is 1.83. The lowest BCUT2D eigenvalue weighted by molar-refractivity contribution is 0.556. The van der Waals surface area contributed by atoms with Crippen molar-refractivity contribution in [2.24, 2.45) is 0 Å². The van der Waals surface area contributed by atoms with Gasteiger partial charge in [0.15, 0.2) is 0 Å². The molecule has 0 saturated carbocycles. The molecule has 0 amide bonds. The molecular formula is C16H28P2. The second kappa shape index (κ2) is 11.1. The largest absolute Gasteiger partial charge is 0.131 e. The summed E-state index contributed by atoms with van der Waals surface area (Å²) < 4.78 is 0. The van der Waals surface area contributed by atoms with Gasteiger partial charge in [0, 0.05) is 5.04 Å². The third-order valence-corrected chi connectivity index (χ3v) is 5.21. The molecule has 1 unspecified atom stereocenters. The van der Waals surface area contributed by atoms with E-state index in [9.17, 15) is 0 Å². The SMILES string of the molecule is CCCCCCCCCCCCc1cc[pH]c1[P]. The second-order valence-electron chi connectivity index (χ2n) is 5.28. The average Bonchev–Trinajstić information content (AvgIpc) is 2.77. The van der Waals surface area contributed by atoms with Crippen molar-refractivity contribution < 1.29 is 0 Å². The molecule has 0 spiro atoms. The molecule has 2 radical (unpaired) electrons. The predicted molar refractivity (Wildman–Crippen MR) is 88.0 cm³/mol. The molecule has 0 aliphatic carbocycles. The molecule has 0 fully saturated rings. The van der Waals surface area contributed by atoms with E-state index in [1.807, 2.05) is 0 Å². The topological polar surface area (TPSA) is 0 Å². The molecule has 1 aromatic rings. The molecule has 0 aromatic carbocycles. The molecule has 0 N–H and O–H groups in total. The summed E-state index contributed by atoms with van der Waals surface area (Å²) in [6, 6.07) is 2.27. The third kappa shape index (κ3) is 7.60. The number of hydrogen-bond acceptors (Lipinski definition) is 0. The number of rotatable bonds is 11. The lowest BCUT2D eigenvalue weighted by Gasteiger charge is -2.02. The first-order chi connectivity index (χ1) is 8.84. The Hall–Kier alpha value is 0.210. The van der Waals surface area contributed by atoms with Gasteiger partial charge < -0.3 is 0 Å². The van der Waals surface area contributed by atoms with Crippen LogP contribution in [0.15, 0.2) is 11.9 Å². The van der Waals surface area contributed by atoms with Gasteiger partial charge in [-0.05, 0) is 33.4 Å². The highest BCUT2D eigenvalue weighted by atomic mass is 31.1. The van der Waals surface area contributed by atoms with Gasteiger partial charge in [-0.1, -0.05) is 70.8 Å². The van der Waals surface area contributed by atoms with Crippen molar-refractivity contribution in [3.63, 3.8) is 0 Å². The first-order valence-electron chi connectivity index (χ1n) is 7.69. The molecule has 1 heterocycles. The summed E-state index contributed by atoms with van der Waals surface area (Å²) in [5.41, 5.74) is 1.50. The fourth-order valence-electron chi connectivity index (χ4n) is 2.40. The van der Waals surface area contributed by atoms with E-state index in [0.29, 0.717) is 0 Å². The smallest absolute Gasteiger partial charge is 0.00548 e. The van der Waals surface area contributed by atoms with Crippen LogP contribution in [-0.4, -0.2) is 0 Å². The maximum absolute atomic E-state index is 4.52. The Kier molecular flexibility index (Phi) is 10.0. The minimum Gasteiger partial charge on any atom is -0.131 e. The molecule has 0 aliphatic heterocycles. The third-order valence-electron chi connectivity index (χ3n) is 3.61. The zero-order valence-corrected chi connectivity index (χ0v) is 13.8. The molecule has 0 nitrogen and oxygen atoms in total. The minimum absolute atomic E-state index is 0.838. The van der Waals surface area contributed by atoms with Crippen LogP contribution in [0.5, 0.6) is 0 Å². The molecule has 102 valence electrons. The van der Waals surface area contributed by atoms with Crippen molar-refractivity contribution in [2.45, 2.75) is 77.6 Å². The number of unbranched alkanes of at least 4 members (excludes halogenated alkanes) is 9. The molecule has 18 heavy (non-hydrogen) atoms. The first-order valence-corrected chi connectivity index (χ1v) is 9.22. The van der Waals surface area contributed by atoms with Crippen LogP contribution in [0.1, 0.15) is 76.7 Å². The van der Waals surface area contributed by atoms with Crippen LogP contribution in [0, 0.1) is 0 Å². The summed E-state index contributed by atoms with van der Waals surface area (Å²) in [6.07, 6.45) is 15.5. The van der Waals surface area contributed by atoms with Crippen molar-refractivity contribution in [2.75, 3.05) is 0 Å². The van der Waals surface area contributed by atoms with E-state index in [0.717, 1.165) is 8.19 Å². The van der Waals surface area contributed by atoms with Gasteiger partial charge in [-0.3, -0.25) is 0 Å². The molecule has 1 aromatic heterocycles. The number of aryl methyl sites for hydroxylation is 1. The van der Waals surface area contributed by atoms with Gasteiger partial charge in [-0.2, -0.15) is 0 Å². The van der Waals surface area contributed by atoms with E-state index in [1.54, 1.807) is 0 Å². The average molecular weight is 282 g/mol. The minimum atomic E-state index is 0.838. The van der Waals surface area contributed by atoms with Crippen molar-refractivity contribution in [1.29, 1.82) is 0 Å². The fourth-order valence-corrected chi connectivity index (χ4v) is 3.64. The highest BCUT2D eigenvalue weighted by Gasteiger charge is 1.99. The van der Waals surface area contributed by atoms with E-state index in [4.69, 9.17) is 0 Å². The maximum Gasteiger partial charge on any atom is 0.00548 e. The highest BCUT2D eigenvalue weighted by Crippen LogP contribution is 2.16. The van der Waals surface area contributed by atoms with Crippen LogP contribution >= 0.6 is 17.4 Å². The predicted octanol–water partition coefficient (Wildman–Crippen LogP) is 6.22. The van der Waals surface area contributed by atoms with Gasteiger partial charge in [0.25, 0.3) is 0 Å². The summed E-state index contributed by atoms with van der Waals surface area (Å²) in [6.45, 7) is 2.28. The van der Waals surface area contributed by atoms with Crippen molar-refractivity contribution >= 4 is 22.5 Å². The maximum atomic E-state index is 4.52. The zero-order valence-electron chi connectivity index (χ0n) is 11.9. The monoisotopic (exact) mass is 282 g/mol. The van der Waals surface area contributed by atoms with Gasteiger partial charge in [0.05, 0.1) is 0 Å². The van der Waals surface area contributed by atoms with Crippen LogP contribution in [0.25, 0.3) is 0 Å². The van der Waals surface area contributed by atoms with E-state index >= 15 is 0 Å². The quantitative estimate of drug-likeness (QED) is 0.334. The van der Waals surface area contributed by atoms with Gasteiger partial charge in [-0.25, -0.2) is 0 Å². The molecular weight excluding hydrogens is 254 g/mol. The van der Waals surface area contributed by atoms with Crippen LogP contribution in [-0.2, 0) is 6.42 Å². The molecule has 1 atom stereocenters. The van der Waals surface area contributed by atoms with E-state index in [-0.39, 0.29) is 0 Å². The highest BCUT2D eigenvalue weighted by molar-refractivity contribution is 7.51. The lowest BCUT2D eigenvalue weighted by atomic mass is 10.0. The fraction of sp³-hybridized carbons (Fsp3) is 0.750. The first kappa shape index (κ1) is 16.3. The molecule has 0 saturated heterocycles. The van der Waals surface area contributed by atoms with Crippen LogP contribution in [0.2, 0.25) is 0 Å². The normalized spacial score (nSPS) is 11.4. The van der Waals surface area contributed by atoms with Crippen LogP contribution in [0.4, 0.5) is 0 Å².